The average Bonchev–Trinajstić information content (AvgIpc) is 3.32. The molecule has 3 rings (SSSR count). The van der Waals surface area contributed by atoms with Crippen LogP contribution in [0, 0.1) is 5.41 Å². The number of hydrogen-bond acceptors (Lipinski definition) is 5. The Morgan fingerprint density at radius 3 is 2.46 bits per heavy atom. The molecule has 0 radical (unpaired) electrons. The zero-order chi connectivity index (χ0) is 19.1. The number of amides is 2. The summed E-state index contributed by atoms with van der Waals surface area (Å²) in [5.41, 5.74) is -0.187. The second-order valence-corrected chi connectivity index (χ2v) is 9.37. The van der Waals surface area contributed by atoms with Crippen LogP contribution in [0.2, 0.25) is 0 Å². The van der Waals surface area contributed by atoms with Crippen molar-refractivity contribution in [3.63, 3.8) is 0 Å². The molecule has 1 aliphatic carbocycles. The van der Waals surface area contributed by atoms with Gasteiger partial charge in [-0.1, -0.05) is 12.1 Å². The summed E-state index contributed by atoms with van der Waals surface area (Å²) in [4.78, 5) is 38.4. The van der Waals surface area contributed by atoms with Crippen LogP contribution in [-0.2, 0) is 19.4 Å². The lowest BCUT2D eigenvalue weighted by molar-refractivity contribution is -0.142. The van der Waals surface area contributed by atoms with Gasteiger partial charge < -0.3 is 10.2 Å². The number of Topliss-reactive ketones (excluding diaryl/α,β-unsaturated/α-hetero) is 1. The van der Waals surface area contributed by atoms with E-state index in [1.807, 2.05) is 0 Å². The SMILES string of the molecule is CC(=O)c1cccc(NC(=O)C2(C(=O)N(C)C3CCS(=O)(=O)C3)CC2)c1. The molecule has 1 heterocycles. The van der Waals surface area contributed by atoms with E-state index < -0.39 is 21.2 Å². The van der Waals surface area contributed by atoms with Gasteiger partial charge in [0.1, 0.15) is 5.41 Å². The lowest BCUT2D eigenvalue weighted by Crippen LogP contribution is -2.46. The summed E-state index contributed by atoms with van der Waals surface area (Å²) in [5.74, 6) is -0.823. The van der Waals surface area contributed by atoms with Crippen molar-refractivity contribution in [2.75, 3.05) is 23.9 Å². The quantitative estimate of drug-likeness (QED) is 0.614. The molecule has 0 spiro atoms. The molecule has 1 aromatic carbocycles. The Hall–Kier alpha value is -2.22. The predicted octanol–water partition coefficient (Wildman–Crippen LogP) is 1.25. The zero-order valence-corrected chi connectivity index (χ0v) is 15.6. The van der Waals surface area contributed by atoms with Gasteiger partial charge in [0.2, 0.25) is 11.8 Å². The molecule has 0 bridgehead atoms. The van der Waals surface area contributed by atoms with Crippen molar-refractivity contribution in [2.24, 2.45) is 5.41 Å². The van der Waals surface area contributed by atoms with Crippen LogP contribution in [0.1, 0.15) is 36.5 Å². The molecule has 0 aromatic heterocycles. The third-order valence-electron chi connectivity index (χ3n) is 5.20. The first-order chi connectivity index (χ1) is 12.1. The molecule has 2 amide bonds. The molecule has 26 heavy (non-hydrogen) atoms. The average molecular weight is 378 g/mol. The number of ketones is 1. The van der Waals surface area contributed by atoms with Gasteiger partial charge in [0.25, 0.3) is 0 Å². The number of carbonyl (C=O) groups excluding carboxylic acids is 3. The maximum atomic E-state index is 12.8. The molecular weight excluding hydrogens is 356 g/mol. The summed E-state index contributed by atoms with van der Waals surface area (Å²) < 4.78 is 23.3. The standard InChI is InChI=1S/C18H22N2O5S/c1-12(21)13-4-3-5-14(10-13)19-16(22)18(7-8-18)17(23)20(2)15-6-9-26(24,25)11-15/h3-5,10,15H,6-9,11H2,1-2H3,(H,19,22). The first-order valence-electron chi connectivity index (χ1n) is 8.55. The lowest BCUT2D eigenvalue weighted by atomic mass is 10.0. The Bertz CT molecular complexity index is 873. The van der Waals surface area contributed by atoms with Gasteiger partial charge >= 0.3 is 0 Å². The van der Waals surface area contributed by atoms with Gasteiger partial charge in [-0.2, -0.15) is 0 Å². The van der Waals surface area contributed by atoms with E-state index >= 15 is 0 Å². The normalized spacial score (nSPS) is 22.5. The second-order valence-electron chi connectivity index (χ2n) is 7.15. The number of anilines is 1. The van der Waals surface area contributed by atoms with E-state index in [2.05, 4.69) is 5.32 Å². The van der Waals surface area contributed by atoms with Crippen LogP contribution in [0.3, 0.4) is 0 Å². The number of carbonyl (C=O) groups is 3. The third kappa shape index (κ3) is 3.51. The summed E-state index contributed by atoms with van der Waals surface area (Å²) in [6.45, 7) is 1.44. The largest absolute Gasteiger partial charge is 0.341 e. The number of benzene rings is 1. The molecule has 1 N–H and O–H groups in total. The number of hydrogen-bond donors (Lipinski definition) is 1. The first-order valence-corrected chi connectivity index (χ1v) is 10.4. The minimum Gasteiger partial charge on any atom is -0.341 e. The maximum Gasteiger partial charge on any atom is 0.240 e. The monoisotopic (exact) mass is 378 g/mol. The highest BCUT2D eigenvalue weighted by Crippen LogP contribution is 2.48. The van der Waals surface area contributed by atoms with Gasteiger partial charge in [-0.15, -0.1) is 0 Å². The predicted molar refractivity (Wildman–Crippen MR) is 96.6 cm³/mol. The second kappa shape index (κ2) is 6.50. The molecule has 1 saturated heterocycles. The summed E-state index contributed by atoms with van der Waals surface area (Å²) in [6, 6.07) is 6.19. The molecule has 1 atom stereocenters. The highest BCUT2D eigenvalue weighted by molar-refractivity contribution is 7.91. The minimum absolute atomic E-state index is 0.0480. The van der Waals surface area contributed by atoms with E-state index in [0.29, 0.717) is 30.5 Å². The fraction of sp³-hybridized carbons (Fsp3) is 0.500. The smallest absolute Gasteiger partial charge is 0.240 e. The third-order valence-corrected chi connectivity index (χ3v) is 6.95. The first kappa shape index (κ1) is 18.6. The Labute approximate surface area is 152 Å². The highest BCUT2D eigenvalue weighted by atomic mass is 32.2. The Kier molecular flexibility index (Phi) is 4.64. The van der Waals surface area contributed by atoms with Crippen molar-refractivity contribution < 1.29 is 22.8 Å². The van der Waals surface area contributed by atoms with E-state index in [9.17, 15) is 22.8 Å². The summed E-state index contributed by atoms with van der Waals surface area (Å²) in [5, 5.41) is 2.73. The van der Waals surface area contributed by atoms with E-state index in [0.717, 1.165) is 0 Å². The van der Waals surface area contributed by atoms with Gasteiger partial charge in [-0.3, -0.25) is 14.4 Å². The highest BCUT2D eigenvalue weighted by Gasteiger charge is 2.58. The Morgan fingerprint density at radius 1 is 1.23 bits per heavy atom. The van der Waals surface area contributed by atoms with Crippen LogP contribution in [0.4, 0.5) is 5.69 Å². The van der Waals surface area contributed by atoms with Crippen LogP contribution in [-0.4, -0.2) is 55.5 Å². The minimum atomic E-state index is -3.11. The van der Waals surface area contributed by atoms with Crippen molar-refractivity contribution >= 4 is 33.1 Å². The van der Waals surface area contributed by atoms with Crippen molar-refractivity contribution in [2.45, 2.75) is 32.2 Å². The maximum absolute atomic E-state index is 12.8. The number of nitrogens with zero attached hydrogens (tertiary/aromatic N) is 1. The molecule has 7 nitrogen and oxygen atoms in total. The van der Waals surface area contributed by atoms with Crippen LogP contribution in [0.15, 0.2) is 24.3 Å². The number of nitrogens with one attached hydrogen (secondary N) is 1. The molecule has 1 aromatic rings. The Balaban J connectivity index is 1.72. The molecule has 2 fully saturated rings. The molecule has 140 valence electrons. The van der Waals surface area contributed by atoms with E-state index in [-0.39, 0.29) is 29.2 Å². The van der Waals surface area contributed by atoms with Gasteiger partial charge in [-0.25, -0.2) is 8.42 Å². The van der Waals surface area contributed by atoms with Gasteiger partial charge in [-0.05, 0) is 38.3 Å². The Morgan fingerprint density at radius 2 is 1.92 bits per heavy atom. The zero-order valence-electron chi connectivity index (χ0n) is 14.8. The van der Waals surface area contributed by atoms with Gasteiger partial charge in [0, 0.05) is 24.3 Å². The summed E-state index contributed by atoms with van der Waals surface area (Å²) in [6.07, 6.45) is 1.28. The lowest BCUT2D eigenvalue weighted by Gasteiger charge is -2.27. The van der Waals surface area contributed by atoms with Crippen LogP contribution in [0.25, 0.3) is 0 Å². The van der Waals surface area contributed by atoms with Crippen molar-refractivity contribution in [1.29, 1.82) is 0 Å². The fourth-order valence-corrected chi connectivity index (χ4v) is 5.09. The number of rotatable bonds is 5. The summed E-state index contributed by atoms with van der Waals surface area (Å²) >= 11 is 0. The molecule has 8 heteroatoms. The molecular formula is C18H22N2O5S. The van der Waals surface area contributed by atoms with Crippen LogP contribution >= 0.6 is 0 Å². The van der Waals surface area contributed by atoms with Crippen LogP contribution in [0.5, 0.6) is 0 Å². The fourth-order valence-electron chi connectivity index (χ4n) is 3.31. The van der Waals surface area contributed by atoms with E-state index in [1.54, 1.807) is 31.3 Å². The van der Waals surface area contributed by atoms with Crippen LogP contribution < -0.4 is 5.32 Å². The number of sulfone groups is 1. The van der Waals surface area contributed by atoms with Crippen molar-refractivity contribution in [3.05, 3.63) is 29.8 Å². The van der Waals surface area contributed by atoms with Gasteiger partial charge in [0.15, 0.2) is 15.6 Å². The van der Waals surface area contributed by atoms with E-state index in [4.69, 9.17) is 0 Å². The van der Waals surface area contributed by atoms with Crippen molar-refractivity contribution in [3.8, 4) is 0 Å². The summed E-state index contributed by atoms with van der Waals surface area (Å²) in [7, 11) is -1.54. The topological polar surface area (TPSA) is 101 Å². The molecule has 2 aliphatic rings. The molecule has 1 aliphatic heterocycles. The molecule has 1 unspecified atom stereocenters. The van der Waals surface area contributed by atoms with Crippen molar-refractivity contribution in [1.82, 2.24) is 4.90 Å². The van der Waals surface area contributed by atoms with Gasteiger partial charge in [0.05, 0.1) is 11.5 Å². The molecule has 1 saturated carbocycles. The van der Waals surface area contributed by atoms with E-state index in [1.165, 1.54) is 11.8 Å².